The molecule has 0 spiro atoms. The summed E-state index contributed by atoms with van der Waals surface area (Å²) < 4.78 is 67.9. The number of halogens is 3. The molecule has 0 N–H and O–H groups in total. The van der Waals surface area contributed by atoms with Crippen LogP contribution >= 0.6 is 0 Å². The van der Waals surface area contributed by atoms with E-state index in [0.717, 1.165) is 12.1 Å². The Morgan fingerprint density at radius 3 is 1.50 bits per heavy atom. The second-order valence-electron chi connectivity index (χ2n) is 8.11. The maximum atomic E-state index is 12.2. The number of hydrogen-bond donors (Lipinski definition) is 0. The SMILES string of the molecule is Cc1cc(C)c([S+](c2ccccc2)c2ccccc2)c(C)c1.O=S(=O)([O-])c1ccccc1C(F)(F)F. The average Bonchev–Trinajstić information content (AvgIpc) is 2.82. The highest BCUT2D eigenvalue weighted by atomic mass is 32.2. The van der Waals surface area contributed by atoms with E-state index in [1.165, 1.54) is 31.4 Å². The molecule has 0 heterocycles. The lowest BCUT2D eigenvalue weighted by atomic mass is 10.1. The van der Waals surface area contributed by atoms with Gasteiger partial charge < -0.3 is 4.55 Å². The van der Waals surface area contributed by atoms with Crippen molar-refractivity contribution in [2.24, 2.45) is 0 Å². The maximum absolute atomic E-state index is 12.2. The summed E-state index contributed by atoms with van der Waals surface area (Å²) in [6.07, 6.45) is -4.84. The molecular weight excluding hydrogens is 505 g/mol. The molecule has 36 heavy (non-hydrogen) atoms. The third-order valence-electron chi connectivity index (χ3n) is 5.23. The molecule has 0 saturated heterocycles. The molecule has 0 aromatic heterocycles. The van der Waals surface area contributed by atoms with Crippen LogP contribution in [0, 0.1) is 20.8 Å². The Morgan fingerprint density at radius 2 is 1.11 bits per heavy atom. The van der Waals surface area contributed by atoms with Gasteiger partial charge >= 0.3 is 6.18 Å². The van der Waals surface area contributed by atoms with Crippen molar-refractivity contribution in [2.75, 3.05) is 0 Å². The summed E-state index contributed by atoms with van der Waals surface area (Å²) in [4.78, 5) is 2.98. The molecule has 0 atom stereocenters. The smallest absolute Gasteiger partial charge is 0.417 e. The van der Waals surface area contributed by atoms with Crippen molar-refractivity contribution in [1.29, 1.82) is 0 Å². The summed E-state index contributed by atoms with van der Waals surface area (Å²) in [7, 11) is -5.13. The van der Waals surface area contributed by atoms with E-state index >= 15 is 0 Å². The first kappa shape index (κ1) is 27.5. The van der Waals surface area contributed by atoms with Crippen LogP contribution in [0.2, 0.25) is 0 Å². The molecule has 0 bridgehead atoms. The lowest BCUT2D eigenvalue weighted by Gasteiger charge is -2.14. The van der Waals surface area contributed by atoms with E-state index in [1.807, 2.05) is 0 Å². The van der Waals surface area contributed by atoms with Gasteiger partial charge in [-0.25, -0.2) is 8.42 Å². The first-order valence-electron chi connectivity index (χ1n) is 10.9. The molecule has 0 aliphatic rings. The molecule has 0 saturated carbocycles. The fraction of sp³-hybridized carbons (Fsp3) is 0.143. The van der Waals surface area contributed by atoms with Gasteiger partial charge in [-0.1, -0.05) is 66.2 Å². The second-order valence-corrected chi connectivity index (χ2v) is 11.4. The highest BCUT2D eigenvalue weighted by molar-refractivity contribution is 7.97. The van der Waals surface area contributed by atoms with Gasteiger partial charge in [0.15, 0.2) is 14.7 Å². The molecule has 0 aliphatic carbocycles. The van der Waals surface area contributed by atoms with Gasteiger partial charge in [0, 0.05) is 11.1 Å². The first-order valence-corrected chi connectivity index (χ1v) is 13.6. The lowest BCUT2D eigenvalue weighted by Crippen LogP contribution is -2.12. The molecule has 4 aromatic carbocycles. The van der Waals surface area contributed by atoms with Gasteiger partial charge in [-0.05, 0) is 57.2 Å². The first-order chi connectivity index (χ1) is 16.9. The number of benzene rings is 4. The van der Waals surface area contributed by atoms with E-state index < -0.39 is 26.8 Å². The van der Waals surface area contributed by atoms with Crippen LogP contribution in [0.15, 0.2) is 117 Å². The molecule has 0 fully saturated rings. The van der Waals surface area contributed by atoms with E-state index in [4.69, 9.17) is 0 Å². The van der Waals surface area contributed by atoms with Gasteiger partial charge in [0.25, 0.3) is 0 Å². The zero-order valence-corrected chi connectivity index (χ0v) is 21.5. The summed E-state index contributed by atoms with van der Waals surface area (Å²) >= 11 is 0. The largest absolute Gasteiger partial charge is 0.744 e. The van der Waals surface area contributed by atoms with Gasteiger partial charge in [-0.15, -0.1) is 0 Å². The van der Waals surface area contributed by atoms with E-state index in [-0.39, 0.29) is 10.9 Å². The van der Waals surface area contributed by atoms with Crippen LogP contribution in [0.4, 0.5) is 13.2 Å². The zero-order valence-electron chi connectivity index (χ0n) is 19.9. The van der Waals surface area contributed by atoms with Crippen LogP contribution in [-0.4, -0.2) is 13.0 Å². The standard InChI is InChI=1S/C21H21S.C7H5F3O3S/c1-16-14-17(2)21(18(3)15-16)22(19-10-6-4-7-11-19)20-12-8-5-9-13-20;8-7(9,10)5-3-1-2-4-6(5)14(11,12)13/h4-15H,1-3H3;1-4H,(H,11,12,13)/q+1;/p-1. The molecule has 3 nitrogen and oxygen atoms in total. The predicted molar refractivity (Wildman–Crippen MR) is 135 cm³/mol. The molecule has 0 amide bonds. The van der Waals surface area contributed by atoms with Crippen molar-refractivity contribution in [3.8, 4) is 0 Å². The van der Waals surface area contributed by atoms with Gasteiger partial charge in [0.2, 0.25) is 0 Å². The van der Waals surface area contributed by atoms with E-state index in [0.29, 0.717) is 12.1 Å². The van der Waals surface area contributed by atoms with Crippen LogP contribution in [0.5, 0.6) is 0 Å². The van der Waals surface area contributed by atoms with Crippen LogP contribution < -0.4 is 0 Å². The molecule has 8 heteroatoms. The van der Waals surface area contributed by atoms with Crippen molar-refractivity contribution in [3.05, 3.63) is 119 Å². The maximum Gasteiger partial charge on any atom is 0.417 e. The molecule has 0 unspecified atom stereocenters. The van der Waals surface area contributed by atoms with Crippen LogP contribution in [0.3, 0.4) is 0 Å². The summed E-state index contributed by atoms with van der Waals surface area (Å²) in [5, 5.41) is 0. The van der Waals surface area contributed by atoms with Crippen molar-refractivity contribution >= 4 is 21.0 Å². The Morgan fingerprint density at radius 1 is 0.694 bits per heavy atom. The van der Waals surface area contributed by atoms with Crippen molar-refractivity contribution in [2.45, 2.75) is 46.5 Å². The summed E-state index contributed by atoms with van der Waals surface area (Å²) in [6, 6.07) is 29.5. The van der Waals surface area contributed by atoms with Crippen LogP contribution in [-0.2, 0) is 27.2 Å². The fourth-order valence-corrected chi connectivity index (χ4v) is 6.95. The van der Waals surface area contributed by atoms with E-state index in [9.17, 15) is 26.1 Å². The van der Waals surface area contributed by atoms with Crippen molar-refractivity contribution < 1.29 is 26.1 Å². The van der Waals surface area contributed by atoms with Gasteiger partial charge in [-0.3, -0.25) is 0 Å². The molecule has 0 radical (unpaired) electrons. The zero-order chi connectivity index (χ0) is 26.5. The molecular formula is C28H25F3O3S2. The summed E-state index contributed by atoms with van der Waals surface area (Å²) in [5.74, 6) is 0. The van der Waals surface area contributed by atoms with Crippen molar-refractivity contribution in [3.63, 3.8) is 0 Å². The molecule has 4 aromatic rings. The van der Waals surface area contributed by atoms with Gasteiger partial charge in [0.05, 0.1) is 21.4 Å². The third kappa shape index (κ3) is 6.78. The highest BCUT2D eigenvalue weighted by Crippen LogP contribution is 2.36. The Hall–Kier alpha value is -3.07. The fourth-order valence-electron chi connectivity index (χ4n) is 3.89. The second kappa shape index (κ2) is 11.3. The number of alkyl halides is 3. The minimum absolute atomic E-state index is 0.0460. The minimum Gasteiger partial charge on any atom is -0.744 e. The normalized spacial score (nSPS) is 11.7. The highest BCUT2D eigenvalue weighted by Gasteiger charge is 2.34. The number of aryl methyl sites for hydroxylation is 3. The third-order valence-corrected chi connectivity index (χ3v) is 8.66. The Balaban J connectivity index is 0.000000223. The minimum atomic E-state index is -5.09. The summed E-state index contributed by atoms with van der Waals surface area (Å²) in [6.45, 7) is 6.65. The van der Waals surface area contributed by atoms with Crippen LogP contribution in [0.25, 0.3) is 0 Å². The van der Waals surface area contributed by atoms with E-state index in [1.54, 1.807) is 0 Å². The Kier molecular flexibility index (Phi) is 8.66. The molecule has 0 aliphatic heterocycles. The topological polar surface area (TPSA) is 57.2 Å². The molecule has 4 rings (SSSR count). The summed E-state index contributed by atoms with van der Waals surface area (Å²) in [5.41, 5.74) is 2.67. The Labute approximate surface area is 212 Å². The van der Waals surface area contributed by atoms with E-state index in [2.05, 4.69) is 93.6 Å². The van der Waals surface area contributed by atoms with Gasteiger partial charge in [-0.2, -0.15) is 13.2 Å². The molecule has 188 valence electrons. The Bertz CT molecular complexity index is 1360. The average molecular weight is 531 g/mol. The number of rotatable bonds is 4. The predicted octanol–water partition coefficient (Wildman–Crippen LogP) is 7.32. The monoisotopic (exact) mass is 530 g/mol. The van der Waals surface area contributed by atoms with Crippen LogP contribution in [0.1, 0.15) is 22.3 Å². The lowest BCUT2D eigenvalue weighted by molar-refractivity contribution is -0.140. The van der Waals surface area contributed by atoms with Crippen molar-refractivity contribution in [1.82, 2.24) is 0 Å². The quantitative estimate of drug-likeness (QED) is 0.205. The van der Waals surface area contributed by atoms with Gasteiger partial charge in [0.1, 0.15) is 10.1 Å². The number of hydrogen-bond acceptors (Lipinski definition) is 3.